The van der Waals surface area contributed by atoms with Crippen molar-refractivity contribution in [3.05, 3.63) is 51.8 Å². The van der Waals surface area contributed by atoms with Gasteiger partial charge < -0.3 is 25.8 Å². The monoisotopic (exact) mass is 523 g/mol. The highest BCUT2D eigenvalue weighted by Gasteiger charge is 2.18. The van der Waals surface area contributed by atoms with Crippen molar-refractivity contribution in [2.24, 2.45) is 0 Å². The number of H-pyrrole nitrogens is 1. The molecule has 38 heavy (non-hydrogen) atoms. The van der Waals surface area contributed by atoms with E-state index in [2.05, 4.69) is 20.9 Å². The Kier molecular flexibility index (Phi) is 12.8. The zero-order chi connectivity index (χ0) is 28.1. The molecule has 0 unspecified atom stereocenters. The van der Waals surface area contributed by atoms with E-state index in [0.29, 0.717) is 24.9 Å². The molecule has 2 aromatic rings. The zero-order valence-corrected chi connectivity index (χ0v) is 23.9. The number of unbranched alkanes of at least 4 members (excludes halogenated alkanes) is 2. The second kappa shape index (κ2) is 15.8. The van der Waals surface area contributed by atoms with Gasteiger partial charge in [-0.1, -0.05) is 31.9 Å². The third-order valence-electron chi connectivity index (χ3n) is 6.70. The number of aromatic amines is 1. The maximum absolute atomic E-state index is 12.9. The fraction of sp³-hybridized carbons (Fsp3) is 0.500. The minimum Gasteiger partial charge on any atom is -0.358 e. The van der Waals surface area contributed by atoms with Crippen LogP contribution in [0.5, 0.6) is 0 Å². The maximum Gasteiger partial charge on any atom is 0.253 e. The molecule has 1 aromatic heterocycles. The zero-order valence-electron chi connectivity index (χ0n) is 23.9. The molecule has 1 aliphatic rings. The summed E-state index contributed by atoms with van der Waals surface area (Å²) < 4.78 is 0. The largest absolute Gasteiger partial charge is 0.358 e. The second-order valence-electron chi connectivity index (χ2n) is 9.50. The van der Waals surface area contributed by atoms with Crippen molar-refractivity contribution in [1.29, 1.82) is 0 Å². The number of nitrogens with one attached hydrogen (secondary N) is 4. The first-order valence-electron chi connectivity index (χ1n) is 13.8. The van der Waals surface area contributed by atoms with E-state index in [1.165, 1.54) is 0 Å². The van der Waals surface area contributed by atoms with Crippen molar-refractivity contribution in [3.8, 4) is 0 Å². The van der Waals surface area contributed by atoms with Gasteiger partial charge in [-0.15, -0.1) is 0 Å². The van der Waals surface area contributed by atoms with Crippen LogP contribution >= 0.6 is 0 Å². The Hall–Kier alpha value is -3.39. The van der Waals surface area contributed by atoms with Gasteiger partial charge in [0.2, 0.25) is 12.3 Å². The molecule has 0 bridgehead atoms. The standard InChI is InChI=1S/C28H39N5O3.C2H6/c1-19-9-10-24(31-18-34)23(16-19)20(2)17-25-21(3)27(22(4)32-25)28(36)30-11-7-5-6-8-26(35)33-14-12-29-13-15-33;1-2/h9-10,16-18,29,32H,5-8,11-15H2,1-4H3,(H,30,36)(H,31,34);1-2H3/b20-17+;. The van der Waals surface area contributed by atoms with Gasteiger partial charge in [0.15, 0.2) is 0 Å². The van der Waals surface area contributed by atoms with E-state index in [1.54, 1.807) is 0 Å². The maximum atomic E-state index is 12.9. The van der Waals surface area contributed by atoms with Crippen molar-refractivity contribution in [1.82, 2.24) is 20.5 Å². The van der Waals surface area contributed by atoms with Gasteiger partial charge in [0.05, 0.1) is 5.56 Å². The Morgan fingerprint density at radius 2 is 1.76 bits per heavy atom. The molecule has 208 valence electrons. The lowest BCUT2D eigenvalue weighted by Crippen LogP contribution is -2.46. The van der Waals surface area contributed by atoms with Crippen LogP contribution in [0.25, 0.3) is 11.6 Å². The molecular weight excluding hydrogens is 478 g/mol. The van der Waals surface area contributed by atoms with Crippen molar-refractivity contribution in [2.45, 2.75) is 67.2 Å². The highest BCUT2D eigenvalue weighted by molar-refractivity contribution is 5.98. The molecule has 1 aliphatic heterocycles. The van der Waals surface area contributed by atoms with E-state index < -0.39 is 0 Å². The van der Waals surface area contributed by atoms with Crippen LogP contribution in [0.3, 0.4) is 0 Å². The molecule has 0 aliphatic carbocycles. The summed E-state index contributed by atoms with van der Waals surface area (Å²) in [6.45, 7) is 15.8. The quantitative estimate of drug-likeness (QED) is 0.250. The van der Waals surface area contributed by atoms with Crippen LogP contribution in [0.15, 0.2) is 18.2 Å². The Morgan fingerprint density at radius 3 is 2.45 bits per heavy atom. The van der Waals surface area contributed by atoms with Crippen molar-refractivity contribution in [3.63, 3.8) is 0 Å². The average molecular weight is 524 g/mol. The van der Waals surface area contributed by atoms with Crippen molar-refractivity contribution >= 4 is 35.6 Å². The molecule has 3 amide bonds. The first-order valence-corrected chi connectivity index (χ1v) is 13.8. The van der Waals surface area contributed by atoms with Crippen LogP contribution in [0, 0.1) is 20.8 Å². The first-order chi connectivity index (χ1) is 18.3. The molecule has 0 radical (unpaired) electrons. The molecule has 2 heterocycles. The van der Waals surface area contributed by atoms with Gasteiger partial charge in [-0.2, -0.15) is 0 Å². The highest BCUT2D eigenvalue weighted by atomic mass is 16.2. The molecule has 1 saturated heterocycles. The number of amides is 3. The number of aryl methyl sites for hydroxylation is 2. The minimum atomic E-state index is -0.0886. The Morgan fingerprint density at radius 1 is 1.05 bits per heavy atom. The summed E-state index contributed by atoms with van der Waals surface area (Å²) in [4.78, 5) is 41.4. The Bertz CT molecular complexity index is 1110. The lowest BCUT2D eigenvalue weighted by atomic mass is 10.0. The van der Waals surface area contributed by atoms with Crippen LogP contribution in [0.4, 0.5) is 5.69 Å². The van der Waals surface area contributed by atoms with Gasteiger partial charge in [0.25, 0.3) is 5.91 Å². The predicted octanol–water partition coefficient (Wildman–Crippen LogP) is 4.82. The number of benzene rings is 1. The summed E-state index contributed by atoms with van der Waals surface area (Å²) in [7, 11) is 0. The molecule has 8 heteroatoms. The van der Waals surface area contributed by atoms with Crippen LogP contribution in [-0.2, 0) is 9.59 Å². The van der Waals surface area contributed by atoms with E-state index in [4.69, 9.17) is 0 Å². The summed E-state index contributed by atoms with van der Waals surface area (Å²) in [5.41, 5.74) is 7.02. The van der Waals surface area contributed by atoms with Gasteiger partial charge in [-0.3, -0.25) is 14.4 Å². The number of piperazine rings is 1. The lowest BCUT2D eigenvalue weighted by Gasteiger charge is -2.27. The number of aromatic nitrogens is 1. The Labute approximate surface area is 227 Å². The number of rotatable bonds is 11. The molecule has 3 rings (SSSR count). The molecule has 4 N–H and O–H groups in total. The van der Waals surface area contributed by atoms with Gasteiger partial charge in [0.1, 0.15) is 0 Å². The molecule has 8 nitrogen and oxygen atoms in total. The second-order valence-corrected chi connectivity index (χ2v) is 9.50. The van der Waals surface area contributed by atoms with E-state index in [-0.39, 0.29) is 11.8 Å². The third kappa shape index (κ3) is 8.58. The van der Waals surface area contributed by atoms with Crippen LogP contribution in [0.2, 0.25) is 0 Å². The van der Waals surface area contributed by atoms with E-state index in [9.17, 15) is 14.4 Å². The van der Waals surface area contributed by atoms with Crippen molar-refractivity contribution in [2.75, 3.05) is 38.0 Å². The van der Waals surface area contributed by atoms with Crippen molar-refractivity contribution < 1.29 is 14.4 Å². The number of carbonyl (C=O) groups is 3. The number of hydrogen-bond acceptors (Lipinski definition) is 4. The van der Waals surface area contributed by atoms with Gasteiger partial charge in [-0.05, 0) is 69.9 Å². The van der Waals surface area contributed by atoms with Crippen LogP contribution < -0.4 is 16.0 Å². The number of allylic oxidation sites excluding steroid dienone is 1. The van der Waals surface area contributed by atoms with E-state index in [1.807, 2.05) is 70.7 Å². The van der Waals surface area contributed by atoms with Gasteiger partial charge >= 0.3 is 0 Å². The minimum absolute atomic E-state index is 0.0886. The predicted molar refractivity (Wildman–Crippen MR) is 156 cm³/mol. The van der Waals surface area contributed by atoms with E-state index >= 15 is 0 Å². The number of hydrogen-bond donors (Lipinski definition) is 4. The molecule has 0 atom stereocenters. The topological polar surface area (TPSA) is 106 Å². The number of anilines is 1. The Balaban J connectivity index is 0.00000247. The smallest absolute Gasteiger partial charge is 0.253 e. The van der Waals surface area contributed by atoms with Gasteiger partial charge in [-0.25, -0.2) is 0 Å². The third-order valence-corrected chi connectivity index (χ3v) is 6.70. The summed E-state index contributed by atoms with van der Waals surface area (Å²) >= 11 is 0. The summed E-state index contributed by atoms with van der Waals surface area (Å²) in [5.74, 6) is 0.143. The lowest BCUT2D eigenvalue weighted by molar-refractivity contribution is -0.131. The first kappa shape index (κ1) is 30.8. The fourth-order valence-corrected chi connectivity index (χ4v) is 4.67. The van der Waals surface area contributed by atoms with Crippen LogP contribution in [-0.4, -0.2) is 60.8 Å². The molecule has 0 saturated carbocycles. The summed E-state index contributed by atoms with van der Waals surface area (Å²) in [5, 5.41) is 9.05. The molecule has 0 spiro atoms. The number of nitrogens with zero attached hydrogens (tertiary/aromatic N) is 1. The summed E-state index contributed by atoms with van der Waals surface area (Å²) in [6.07, 6.45) is 5.86. The molecule has 1 fully saturated rings. The van der Waals surface area contributed by atoms with Crippen LogP contribution in [0.1, 0.15) is 84.9 Å². The SMILES string of the molecule is C/C(=C\c1[nH]c(C)c(C(=O)NCCCCCC(=O)N2CCNCC2)c1C)c1cc(C)ccc1NC=O.CC. The normalized spacial score (nSPS) is 13.4. The highest BCUT2D eigenvalue weighted by Crippen LogP contribution is 2.28. The van der Waals surface area contributed by atoms with Gasteiger partial charge in [0, 0.05) is 61.8 Å². The average Bonchev–Trinajstić information content (AvgIpc) is 3.20. The summed E-state index contributed by atoms with van der Waals surface area (Å²) in [6, 6.07) is 5.89. The molecule has 1 aromatic carbocycles. The molecular formula is C30H45N5O3. The fourth-order valence-electron chi connectivity index (χ4n) is 4.67. The van der Waals surface area contributed by atoms with E-state index in [0.717, 1.165) is 84.8 Å². The number of carbonyl (C=O) groups excluding carboxylic acids is 3.